The summed E-state index contributed by atoms with van der Waals surface area (Å²) in [6.45, 7) is 4.20. The SMILES string of the molecule is CCOC1CCN(C(=O)c2nnc(NC)s2)CC1. The number of rotatable bonds is 4. The summed E-state index contributed by atoms with van der Waals surface area (Å²) < 4.78 is 5.56. The molecule has 1 aliphatic heterocycles. The van der Waals surface area contributed by atoms with Gasteiger partial charge in [-0.15, -0.1) is 10.2 Å². The van der Waals surface area contributed by atoms with Crippen molar-refractivity contribution in [2.24, 2.45) is 0 Å². The molecule has 1 aromatic heterocycles. The zero-order chi connectivity index (χ0) is 13.0. The second-order valence-corrected chi connectivity index (χ2v) is 5.09. The van der Waals surface area contributed by atoms with Gasteiger partial charge in [0.1, 0.15) is 0 Å². The van der Waals surface area contributed by atoms with Crippen LogP contribution in [-0.4, -0.2) is 53.9 Å². The van der Waals surface area contributed by atoms with Crippen molar-refractivity contribution in [3.8, 4) is 0 Å². The molecule has 6 nitrogen and oxygen atoms in total. The lowest BCUT2D eigenvalue weighted by Gasteiger charge is -2.31. The number of nitrogens with one attached hydrogen (secondary N) is 1. The molecule has 2 heterocycles. The third kappa shape index (κ3) is 2.97. The zero-order valence-corrected chi connectivity index (χ0v) is 11.5. The number of hydrogen-bond donors (Lipinski definition) is 1. The molecule has 0 spiro atoms. The summed E-state index contributed by atoms with van der Waals surface area (Å²) in [6.07, 6.45) is 2.09. The van der Waals surface area contributed by atoms with E-state index in [0.717, 1.165) is 32.5 Å². The number of carbonyl (C=O) groups is 1. The van der Waals surface area contributed by atoms with Crippen molar-refractivity contribution in [3.05, 3.63) is 5.01 Å². The Hall–Kier alpha value is -1.21. The summed E-state index contributed by atoms with van der Waals surface area (Å²) in [5, 5.41) is 11.8. The van der Waals surface area contributed by atoms with Crippen LogP contribution in [0.15, 0.2) is 0 Å². The van der Waals surface area contributed by atoms with E-state index in [0.29, 0.717) is 16.2 Å². The number of anilines is 1. The second-order valence-electron chi connectivity index (χ2n) is 4.11. The Labute approximate surface area is 110 Å². The van der Waals surface area contributed by atoms with E-state index in [1.54, 1.807) is 7.05 Å². The van der Waals surface area contributed by atoms with E-state index < -0.39 is 0 Å². The van der Waals surface area contributed by atoms with Crippen LogP contribution in [0.5, 0.6) is 0 Å². The standard InChI is InChI=1S/C11H18N4O2S/c1-3-17-8-4-6-15(7-5-8)10(16)9-13-14-11(12-2)18-9/h8H,3-7H2,1-2H3,(H,12,14). The number of hydrogen-bond acceptors (Lipinski definition) is 6. The Morgan fingerprint density at radius 3 is 2.78 bits per heavy atom. The molecular weight excluding hydrogens is 252 g/mol. The number of carbonyl (C=O) groups excluding carboxylic acids is 1. The Bertz CT molecular complexity index is 402. The highest BCUT2D eigenvalue weighted by molar-refractivity contribution is 7.17. The summed E-state index contributed by atoms with van der Waals surface area (Å²) in [5.41, 5.74) is 0. The lowest BCUT2D eigenvalue weighted by molar-refractivity contribution is 0.0145. The number of aromatic nitrogens is 2. The Morgan fingerprint density at radius 1 is 1.50 bits per heavy atom. The highest BCUT2D eigenvalue weighted by Crippen LogP contribution is 2.20. The maximum atomic E-state index is 12.2. The minimum absolute atomic E-state index is 0.0241. The fourth-order valence-corrected chi connectivity index (χ4v) is 2.67. The molecule has 1 aromatic rings. The summed E-state index contributed by atoms with van der Waals surface area (Å²) in [4.78, 5) is 14.0. The first-order valence-corrected chi connectivity index (χ1v) is 6.98. The third-order valence-electron chi connectivity index (χ3n) is 2.95. The highest BCUT2D eigenvalue weighted by atomic mass is 32.1. The Balaban J connectivity index is 1.91. The van der Waals surface area contributed by atoms with Gasteiger partial charge in [-0.3, -0.25) is 4.79 Å². The lowest BCUT2D eigenvalue weighted by Crippen LogP contribution is -2.40. The van der Waals surface area contributed by atoms with Gasteiger partial charge in [0.15, 0.2) is 0 Å². The molecule has 1 aliphatic rings. The van der Waals surface area contributed by atoms with Crippen molar-refractivity contribution >= 4 is 22.4 Å². The molecule has 1 N–H and O–H groups in total. The molecule has 0 saturated carbocycles. The summed E-state index contributed by atoms with van der Waals surface area (Å²) in [5.74, 6) is -0.0241. The van der Waals surface area contributed by atoms with Gasteiger partial charge in [-0.1, -0.05) is 11.3 Å². The average Bonchev–Trinajstić information content (AvgIpc) is 2.88. The second kappa shape index (κ2) is 6.10. The lowest BCUT2D eigenvalue weighted by atomic mass is 10.1. The predicted molar refractivity (Wildman–Crippen MR) is 70.0 cm³/mol. The van der Waals surface area contributed by atoms with Gasteiger partial charge in [-0.25, -0.2) is 0 Å². The van der Waals surface area contributed by atoms with Gasteiger partial charge in [-0.2, -0.15) is 0 Å². The molecule has 1 amide bonds. The maximum absolute atomic E-state index is 12.2. The van der Waals surface area contributed by atoms with Crippen LogP contribution in [-0.2, 0) is 4.74 Å². The summed E-state index contributed by atoms with van der Waals surface area (Å²) in [7, 11) is 1.77. The largest absolute Gasteiger partial charge is 0.378 e. The Kier molecular flexibility index (Phi) is 4.48. The molecule has 0 unspecified atom stereocenters. The van der Waals surface area contributed by atoms with Crippen LogP contribution in [0.3, 0.4) is 0 Å². The minimum atomic E-state index is -0.0241. The van der Waals surface area contributed by atoms with E-state index in [9.17, 15) is 4.79 Å². The quantitative estimate of drug-likeness (QED) is 0.891. The van der Waals surface area contributed by atoms with Crippen LogP contribution in [0, 0.1) is 0 Å². The van der Waals surface area contributed by atoms with Crippen molar-refractivity contribution in [2.75, 3.05) is 32.1 Å². The number of piperidine rings is 1. The minimum Gasteiger partial charge on any atom is -0.378 e. The first kappa shape index (κ1) is 13.2. The summed E-state index contributed by atoms with van der Waals surface area (Å²) >= 11 is 1.29. The van der Waals surface area contributed by atoms with Crippen molar-refractivity contribution in [1.29, 1.82) is 0 Å². The molecule has 100 valence electrons. The van der Waals surface area contributed by atoms with Crippen molar-refractivity contribution in [3.63, 3.8) is 0 Å². The first-order valence-electron chi connectivity index (χ1n) is 6.16. The van der Waals surface area contributed by atoms with Crippen molar-refractivity contribution in [1.82, 2.24) is 15.1 Å². The third-order valence-corrected chi connectivity index (χ3v) is 3.88. The summed E-state index contributed by atoms with van der Waals surface area (Å²) in [6, 6.07) is 0. The van der Waals surface area contributed by atoms with E-state index in [1.165, 1.54) is 11.3 Å². The smallest absolute Gasteiger partial charge is 0.284 e. The molecule has 1 fully saturated rings. The fourth-order valence-electron chi connectivity index (χ4n) is 2.01. The molecule has 0 bridgehead atoms. The van der Waals surface area contributed by atoms with Crippen molar-refractivity contribution in [2.45, 2.75) is 25.9 Å². The molecule has 18 heavy (non-hydrogen) atoms. The topological polar surface area (TPSA) is 67.3 Å². The number of nitrogens with zero attached hydrogens (tertiary/aromatic N) is 3. The monoisotopic (exact) mass is 270 g/mol. The fraction of sp³-hybridized carbons (Fsp3) is 0.727. The molecule has 0 atom stereocenters. The molecule has 0 aliphatic carbocycles. The number of likely N-dealkylation sites (tertiary alicyclic amines) is 1. The zero-order valence-electron chi connectivity index (χ0n) is 10.7. The molecule has 0 aromatic carbocycles. The molecule has 2 rings (SSSR count). The van der Waals surface area contributed by atoms with E-state index in [-0.39, 0.29) is 5.91 Å². The number of ether oxygens (including phenoxy) is 1. The van der Waals surface area contributed by atoms with Crippen LogP contribution in [0.1, 0.15) is 29.6 Å². The molecule has 1 saturated heterocycles. The maximum Gasteiger partial charge on any atom is 0.284 e. The number of amides is 1. The Morgan fingerprint density at radius 2 is 2.22 bits per heavy atom. The van der Waals surface area contributed by atoms with Crippen LogP contribution < -0.4 is 5.32 Å². The van der Waals surface area contributed by atoms with E-state index in [2.05, 4.69) is 15.5 Å². The van der Waals surface area contributed by atoms with Crippen LogP contribution in [0.25, 0.3) is 0 Å². The van der Waals surface area contributed by atoms with Gasteiger partial charge in [0.05, 0.1) is 6.10 Å². The first-order chi connectivity index (χ1) is 8.74. The van der Waals surface area contributed by atoms with Crippen LogP contribution >= 0.6 is 11.3 Å². The van der Waals surface area contributed by atoms with Crippen molar-refractivity contribution < 1.29 is 9.53 Å². The van der Waals surface area contributed by atoms with Gasteiger partial charge in [0, 0.05) is 26.7 Å². The molecular formula is C11H18N4O2S. The predicted octanol–water partition coefficient (Wildman–Crippen LogP) is 1.22. The highest BCUT2D eigenvalue weighted by Gasteiger charge is 2.25. The van der Waals surface area contributed by atoms with E-state index in [4.69, 9.17) is 4.74 Å². The van der Waals surface area contributed by atoms with Crippen LogP contribution in [0.4, 0.5) is 5.13 Å². The van der Waals surface area contributed by atoms with Crippen LogP contribution in [0.2, 0.25) is 0 Å². The van der Waals surface area contributed by atoms with Gasteiger partial charge < -0.3 is 15.0 Å². The van der Waals surface area contributed by atoms with E-state index in [1.807, 2.05) is 11.8 Å². The average molecular weight is 270 g/mol. The normalized spacial score (nSPS) is 16.9. The van der Waals surface area contributed by atoms with Gasteiger partial charge in [-0.05, 0) is 19.8 Å². The van der Waals surface area contributed by atoms with Gasteiger partial charge in [0.25, 0.3) is 5.91 Å². The van der Waals surface area contributed by atoms with E-state index >= 15 is 0 Å². The van der Waals surface area contributed by atoms with Gasteiger partial charge >= 0.3 is 0 Å². The molecule has 7 heteroatoms. The molecule has 0 radical (unpaired) electrons. The van der Waals surface area contributed by atoms with Gasteiger partial charge in [0.2, 0.25) is 10.1 Å².